The number of piperidine rings is 1. The van der Waals surface area contributed by atoms with Gasteiger partial charge >= 0.3 is 6.09 Å². The molecule has 0 aromatic carbocycles. The first-order valence-electron chi connectivity index (χ1n) is 14.2. The Morgan fingerprint density at radius 2 is 1.73 bits per heavy atom. The summed E-state index contributed by atoms with van der Waals surface area (Å²) in [6.45, 7) is 11.1. The van der Waals surface area contributed by atoms with Crippen LogP contribution < -0.4 is 16.4 Å². The zero-order valence-electron chi connectivity index (χ0n) is 24.5. The largest absolute Gasteiger partial charge is 0.444 e. The summed E-state index contributed by atoms with van der Waals surface area (Å²) in [4.78, 5) is 78.1. The van der Waals surface area contributed by atoms with E-state index in [1.807, 2.05) is 13.8 Å². The normalized spacial score (nSPS) is 24.9. The molecule has 2 unspecified atom stereocenters. The average Bonchev–Trinajstić information content (AvgIpc) is 3.14. The molecule has 1 saturated heterocycles. The number of primary amides is 1. The molecule has 0 bridgehead atoms. The summed E-state index contributed by atoms with van der Waals surface area (Å²) < 4.78 is 5.35. The minimum absolute atomic E-state index is 0.0101. The molecule has 0 radical (unpaired) electrons. The molecule has 3 aliphatic rings. The third-order valence-electron chi connectivity index (χ3n) is 8.45. The quantitative estimate of drug-likeness (QED) is 0.243. The molecular weight excluding hydrogens is 516 g/mol. The van der Waals surface area contributed by atoms with E-state index >= 15 is 0 Å². The molecule has 4 N–H and O–H groups in total. The second kappa shape index (κ2) is 12.1. The molecule has 222 valence electrons. The van der Waals surface area contributed by atoms with Gasteiger partial charge in [-0.05, 0) is 69.8 Å². The van der Waals surface area contributed by atoms with Crippen LogP contribution in [0, 0.1) is 23.2 Å². The maximum absolute atomic E-state index is 13.9. The van der Waals surface area contributed by atoms with Gasteiger partial charge in [-0.15, -0.1) is 0 Å². The molecule has 1 heterocycles. The van der Waals surface area contributed by atoms with Gasteiger partial charge in [0.25, 0.3) is 5.91 Å². The zero-order chi connectivity index (χ0) is 30.0. The van der Waals surface area contributed by atoms with E-state index in [1.165, 1.54) is 11.0 Å². The monoisotopic (exact) mass is 560 g/mol. The van der Waals surface area contributed by atoms with Crippen LogP contribution in [0.4, 0.5) is 4.79 Å². The molecule has 2 aliphatic carbocycles. The van der Waals surface area contributed by atoms with Crippen LogP contribution in [0.25, 0.3) is 0 Å². The highest BCUT2D eigenvalue weighted by molar-refractivity contribution is 6.37. The maximum Gasteiger partial charge on any atom is 0.408 e. The lowest BCUT2D eigenvalue weighted by atomic mass is 9.80. The van der Waals surface area contributed by atoms with Crippen LogP contribution >= 0.6 is 0 Å². The number of alkyl carbamates (subject to hydrolysis) is 1. The van der Waals surface area contributed by atoms with E-state index in [2.05, 4.69) is 10.6 Å². The molecule has 1 aliphatic heterocycles. The number of nitrogens with two attached hydrogens (primary N) is 1. The highest BCUT2D eigenvalue weighted by Crippen LogP contribution is 2.65. The number of hydrogen-bond acceptors (Lipinski definition) is 7. The van der Waals surface area contributed by atoms with Crippen LogP contribution in [0.3, 0.4) is 0 Å². The Morgan fingerprint density at radius 1 is 1.07 bits per heavy atom. The number of carbonyl (C=O) groups is 6. The van der Waals surface area contributed by atoms with Crippen LogP contribution in [0.5, 0.6) is 0 Å². The van der Waals surface area contributed by atoms with Crippen molar-refractivity contribution in [3.8, 4) is 0 Å². The fourth-order valence-electron chi connectivity index (χ4n) is 6.00. The molecule has 2 saturated carbocycles. The molecular formula is C29H44N4O7. The van der Waals surface area contributed by atoms with E-state index in [0.29, 0.717) is 13.0 Å². The molecule has 3 fully saturated rings. The molecule has 0 aromatic rings. The first kappa shape index (κ1) is 31.3. The molecule has 5 atom stereocenters. The average molecular weight is 561 g/mol. The van der Waals surface area contributed by atoms with Crippen LogP contribution in [0.1, 0.15) is 80.1 Å². The SMILES string of the molecule is CC=CC(=O)CC[C@H](NC(=O)OC(C)(C)C)C(=O)N1CC2[C@@H]([C@H]1C(=O)NC(CC1CCC1)C(=O)C(N)=O)C2(C)C. The third kappa shape index (κ3) is 7.28. The molecule has 0 aromatic heterocycles. The first-order valence-corrected chi connectivity index (χ1v) is 14.2. The third-order valence-corrected chi connectivity index (χ3v) is 8.45. The molecule has 11 heteroatoms. The Labute approximate surface area is 236 Å². The van der Waals surface area contributed by atoms with Gasteiger partial charge in [0, 0.05) is 13.0 Å². The number of likely N-dealkylation sites (tertiary alicyclic amines) is 1. The molecule has 11 nitrogen and oxygen atoms in total. The van der Waals surface area contributed by atoms with Crippen molar-refractivity contribution in [3.05, 3.63) is 12.2 Å². The number of ketones is 2. The summed E-state index contributed by atoms with van der Waals surface area (Å²) in [5.41, 5.74) is 4.27. The lowest BCUT2D eigenvalue weighted by molar-refractivity contribution is -0.144. The number of fused-ring (bicyclic) bond motifs is 1. The number of nitrogens with zero attached hydrogens (tertiary/aromatic N) is 1. The van der Waals surface area contributed by atoms with Crippen molar-refractivity contribution in [3.63, 3.8) is 0 Å². The summed E-state index contributed by atoms with van der Waals surface area (Å²) in [6, 6.07) is -3.05. The van der Waals surface area contributed by atoms with Gasteiger partial charge < -0.3 is 26.0 Å². The van der Waals surface area contributed by atoms with Crippen LogP contribution in [0.15, 0.2) is 12.2 Å². The van der Waals surface area contributed by atoms with E-state index in [4.69, 9.17) is 10.5 Å². The lowest BCUT2D eigenvalue weighted by Gasteiger charge is -2.34. The highest BCUT2D eigenvalue weighted by atomic mass is 16.6. The number of carbonyl (C=O) groups excluding carboxylic acids is 6. The van der Waals surface area contributed by atoms with Gasteiger partial charge in [-0.3, -0.25) is 24.0 Å². The van der Waals surface area contributed by atoms with Crippen LogP contribution in [-0.2, 0) is 28.7 Å². The van der Waals surface area contributed by atoms with Crippen molar-refractivity contribution in [2.24, 2.45) is 28.9 Å². The standard InChI is InChI=1S/C29H44N4O7/c1-7-9-17(34)12-13-19(32-27(39)40-28(2,3)4)26(38)33-15-18-21(29(18,5)6)22(33)25(37)31-20(23(35)24(30)36)14-16-10-8-11-16/h7,9,16,18-22H,8,10-15H2,1-6H3,(H2,30,36)(H,31,37)(H,32,39)/t18?,19-,20?,21-,22-/m0/s1. The number of ether oxygens (including phenoxy) is 1. The molecule has 3 rings (SSSR count). The van der Waals surface area contributed by atoms with E-state index in [-0.39, 0.29) is 41.8 Å². The van der Waals surface area contributed by atoms with Gasteiger partial charge in [-0.25, -0.2) is 4.79 Å². The van der Waals surface area contributed by atoms with Crippen molar-refractivity contribution in [1.82, 2.24) is 15.5 Å². The minimum Gasteiger partial charge on any atom is -0.444 e. The number of rotatable bonds is 12. The second-order valence-corrected chi connectivity index (χ2v) is 12.9. The zero-order valence-corrected chi connectivity index (χ0v) is 24.5. The Hall–Kier alpha value is -3.24. The second-order valence-electron chi connectivity index (χ2n) is 12.9. The van der Waals surface area contributed by atoms with Gasteiger partial charge in [-0.1, -0.05) is 39.2 Å². The Morgan fingerprint density at radius 3 is 2.25 bits per heavy atom. The van der Waals surface area contributed by atoms with Crippen molar-refractivity contribution in [2.45, 2.75) is 104 Å². The summed E-state index contributed by atoms with van der Waals surface area (Å²) in [7, 11) is 0. The van der Waals surface area contributed by atoms with Crippen molar-refractivity contribution < 1.29 is 33.5 Å². The Kier molecular flexibility index (Phi) is 9.46. The van der Waals surface area contributed by atoms with Gasteiger partial charge in [0.15, 0.2) is 5.78 Å². The van der Waals surface area contributed by atoms with Crippen LogP contribution in [-0.4, -0.2) is 70.6 Å². The van der Waals surface area contributed by atoms with Gasteiger partial charge in [0.05, 0.1) is 6.04 Å². The van der Waals surface area contributed by atoms with E-state index in [9.17, 15) is 28.8 Å². The molecule has 0 spiro atoms. The van der Waals surface area contributed by atoms with Crippen molar-refractivity contribution >= 4 is 35.4 Å². The van der Waals surface area contributed by atoms with Gasteiger partial charge in [-0.2, -0.15) is 0 Å². The van der Waals surface area contributed by atoms with Crippen molar-refractivity contribution in [1.29, 1.82) is 0 Å². The highest BCUT2D eigenvalue weighted by Gasteiger charge is 2.69. The summed E-state index contributed by atoms with van der Waals surface area (Å²) in [5, 5.41) is 5.34. The van der Waals surface area contributed by atoms with E-state index < -0.39 is 53.3 Å². The fraction of sp³-hybridized carbons (Fsp3) is 0.724. The number of nitrogens with one attached hydrogen (secondary N) is 2. The lowest BCUT2D eigenvalue weighted by Crippen LogP contribution is -2.58. The Balaban J connectivity index is 1.82. The predicted molar refractivity (Wildman–Crippen MR) is 147 cm³/mol. The van der Waals surface area contributed by atoms with Crippen molar-refractivity contribution in [2.75, 3.05) is 6.54 Å². The number of allylic oxidation sites excluding steroid dienone is 2. The first-order chi connectivity index (χ1) is 18.6. The molecule has 4 amide bonds. The van der Waals surface area contributed by atoms with Crippen LogP contribution in [0.2, 0.25) is 0 Å². The minimum atomic E-state index is -1.11. The van der Waals surface area contributed by atoms with Gasteiger partial charge in [0.2, 0.25) is 17.6 Å². The van der Waals surface area contributed by atoms with E-state index in [0.717, 1.165) is 19.3 Å². The van der Waals surface area contributed by atoms with Gasteiger partial charge in [0.1, 0.15) is 17.7 Å². The topological polar surface area (TPSA) is 165 Å². The fourth-order valence-corrected chi connectivity index (χ4v) is 6.00. The maximum atomic E-state index is 13.9. The number of Topliss-reactive ketones (excluding diaryl/α,β-unsaturated/α-hetero) is 1. The summed E-state index contributed by atoms with van der Waals surface area (Å²) >= 11 is 0. The summed E-state index contributed by atoms with van der Waals surface area (Å²) in [6.07, 6.45) is 5.40. The Bertz CT molecular complexity index is 1070. The molecule has 40 heavy (non-hydrogen) atoms. The number of hydrogen-bond donors (Lipinski definition) is 3. The predicted octanol–water partition coefficient (Wildman–Crippen LogP) is 2.02. The number of amides is 4. The smallest absolute Gasteiger partial charge is 0.408 e. The summed E-state index contributed by atoms with van der Waals surface area (Å²) in [5.74, 6) is -3.07. The van der Waals surface area contributed by atoms with E-state index in [1.54, 1.807) is 33.8 Å².